The summed E-state index contributed by atoms with van der Waals surface area (Å²) in [7, 11) is 0. The van der Waals surface area contributed by atoms with Crippen molar-refractivity contribution in [3.05, 3.63) is 34.4 Å². The van der Waals surface area contributed by atoms with Crippen molar-refractivity contribution in [2.45, 2.75) is 38.8 Å². The van der Waals surface area contributed by atoms with Crippen LogP contribution in [0.4, 0.5) is 5.69 Å². The molecule has 0 radical (unpaired) electrons. The number of amides is 1. The Kier molecular flexibility index (Phi) is 11.6. The molecule has 0 fully saturated rings. The summed E-state index contributed by atoms with van der Waals surface area (Å²) < 4.78 is 5.50. The number of carbonyl (C=O) groups excluding carboxylic acids is 1. The van der Waals surface area contributed by atoms with E-state index in [1.807, 2.05) is 20.8 Å². The normalized spacial score (nSPS) is 12.7. The second kappa shape index (κ2) is 12.8. The number of nitriles is 1. The van der Waals surface area contributed by atoms with Gasteiger partial charge >= 0.3 is 0 Å². The molecule has 0 saturated heterocycles. The van der Waals surface area contributed by atoms with Crippen LogP contribution in [0.1, 0.15) is 27.2 Å². The number of anilines is 1. The fourth-order valence-corrected chi connectivity index (χ4v) is 2.04. The highest BCUT2D eigenvalue weighted by Crippen LogP contribution is 2.17. The number of ether oxygens (including phenoxy) is 1. The van der Waals surface area contributed by atoms with Crippen molar-refractivity contribution < 1.29 is 24.6 Å². The average Bonchev–Trinajstić information content (AvgIpc) is 2.62. The van der Waals surface area contributed by atoms with Crippen LogP contribution in [0.15, 0.2) is 24.3 Å². The Hall–Kier alpha value is -2.61. The van der Waals surface area contributed by atoms with Gasteiger partial charge in [0.1, 0.15) is 25.1 Å². The van der Waals surface area contributed by atoms with Crippen molar-refractivity contribution in [1.82, 2.24) is 5.32 Å². The molecule has 2 unspecified atom stereocenters. The van der Waals surface area contributed by atoms with Crippen molar-refractivity contribution in [3.8, 4) is 11.8 Å². The second-order valence-corrected chi connectivity index (χ2v) is 7.22. The van der Waals surface area contributed by atoms with Crippen LogP contribution in [0, 0.1) is 27.4 Å². The minimum atomic E-state index is -1.00. The SMILES string of the molecule is CC(C)(C)NCC(O)COc1ccc(NC(=O)CC(C#N)CO[N+](=O)[O-])cc1.Cl. The van der Waals surface area contributed by atoms with Crippen LogP contribution in [0.5, 0.6) is 5.75 Å². The summed E-state index contributed by atoms with van der Waals surface area (Å²) in [5, 5.41) is 33.7. The molecule has 11 heteroatoms. The molecule has 0 aromatic heterocycles. The average molecular weight is 431 g/mol. The van der Waals surface area contributed by atoms with Gasteiger partial charge in [-0.1, -0.05) is 0 Å². The Morgan fingerprint density at radius 3 is 2.45 bits per heavy atom. The Balaban J connectivity index is 0.00000784. The summed E-state index contributed by atoms with van der Waals surface area (Å²) >= 11 is 0. The molecule has 0 aliphatic carbocycles. The summed E-state index contributed by atoms with van der Waals surface area (Å²) in [6, 6.07) is 8.29. The number of halogens is 1. The van der Waals surface area contributed by atoms with E-state index in [4.69, 9.17) is 10.00 Å². The van der Waals surface area contributed by atoms with Gasteiger partial charge in [-0.3, -0.25) is 4.79 Å². The van der Waals surface area contributed by atoms with E-state index in [1.165, 1.54) is 0 Å². The molecule has 1 aromatic carbocycles. The third kappa shape index (κ3) is 12.5. The standard InChI is InChI=1S/C18H26N4O6.ClH/c1-18(2,3)20-10-15(23)12-27-16-6-4-14(5-7-16)21-17(24)8-13(9-19)11-28-22(25)26;/h4-7,13,15,20,23H,8,10-12H2,1-3H3,(H,21,24);1H. The van der Waals surface area contributed by atoms with Gasteiger partial charge in [-0.25, -0.2) is 0 Å². The van der Waals surface area contributed by atoms with Gasteiger partial charge in [-0.15, -0.1) is 22.5 Å². The van der Waals surface area contributed by atoms with E-state index in [2.05, 4.69) is 15.5 Å². The molecule has 2 atom stereocenters. The lowest BCUT2D eigenvalue weighted by Gasteiger charge is -2.23. The van der Waals surface area contributed by atoms with Crippen molar-refractivity contribution in [1.29, 1.82) is 5.26 Å². The molecule has 0 heterocycles. The lowest BCUT2D eigenvalue weighted by molar-refractivity contribution is -0.758. The Labute approximate surface area is 175 Å². The minimum Gasteiger partial charge on any atom is -0.491 e. The number of hydrogen-bond acceptors (Lipinski definition) is 8. The predicted octanol–water partition coefficient (Wildman–Crippen LogP) is 1.91. The molecule has 1 amide bonds. The van der Waals surface area contributed by atoms with Crippen LogP contribution in [0.2, 0.25) is 0 Å². The van der Waals surface area contributed by atoms with Gasteiger partial charge in [0.2, 0.25) is 5.91 Å². The number of rotatable bonds is 11. The zero-order chi connectivity index (χ0) is 21.2. The van der Waals surface area contributed by atoms with Gasteiger partial charge in [0.15, 0.2) is 0 Å². The number of nitrogens with zero attached hydrogens (tertiary/aromatic N) is 2. The zero-order valence-electron chi connectivity index (χ0n) is 16.6. The summed E-state index contributed by atoms with van der Waals surface area (Å²) in [4.78, 5) is 26.2. The monoisotopic (exact) mass is 430 g/mol. The number of β-amino-alcohol motifs (C(OH)–C–C–N with tert-alkyl or cyclic N) is 1. The maximum absolute atomic E-state index is 11.9. The van der Waals surface area contributed by atoms with Crippen LogP contribution in [0.25, 0.3) is 0 Å². The van der Waals surface area contributed by atoms with Gasteiger partial charge in [-0.05, 0) is 45.0 Å². The smallest absolute Gasteiger partial charge is 0.294 e. The molecule has 3 N–H and O–H groups in total. The van der Waals surface area contributed by atoms with Crippen LogP contribution in [0.3, 0.4) is 0 Å². The highest BCUT2D eigenvalue weighted by Gasteiger charge is 2.16. The van der Waals surface area contributed by atoms with E-state index < -0.39 is 29.6 Å². The predicted molar refractivity (Wildman–Crippen MR) is 108 cm³/mol. The molecule has 1 rings (SSSR count). The summed E-state index contributed by atoms with van der Waals surface area (Å²) in [6.45, 7) is 6.06. The first-order chi connectivity index (χ1) is 13.1. The third-order valence-electron chi connectivity index (χ3n) is 3.44. The minimum absolute atomic E-state index is 0. The van der Waals surface area contributed by atoms with Crippen molar-refractivity contribution in [3.63, 3.8) is 0 Å². The molecule has 0 saturated carbocycles. The lowest BCUT2D eigenvalue weighted by Crippen LogP contribution is -2.42. The first-order valence-electron chi connectivity index (χ1n) is 8.72. The number of aliphatic hydroxyl groups is 1. The molecule has 0 bridgehead atoms. The number of aliphatic hydroxyl groups excluding tert-OH is 1. The fourth-order valence-electron chi connectivity index (χ4n) is 2.04. The van der Waals surface area contributed by atoms with Crippen LogP contribution in [-0.4, -0.2) is 47.5 Å². The largest absolute Gasteiger partial charge is 0.491 e. The van der Waals surface area contributed by atoms with Crippen LogP contribution >= 0.6 is 12.4 Å². The van der Waals surface area contributed by atoms with Crippen LogP contribution in [-0.2, 0) is 9.63 Å². The van der Waals surface area contributed by atoms with E-state index in [-0.39, 0.29) is 31.0 Å². The molecule has 1 aromatic rings. The Bertz CT molecular complexity index is 687. The van der Waals surface area contributed by atoms with E-state index >= 15 is 0 Å². The van der Waals surface area contributed by atoms with Gasteiger partial charge in [0.25, 0.3) is 5.09 Å². The number of benzene rings is 1. The maximum Gasteiger partial charge on any atom is 0.294 e. The van der Waals surface area contributed by atoms with E-state index in [9.17, 15) is 20.0 Å². The molecule has 10 nitrogen and oxygen atoms in total. The van der Waals surface area contributed by atoms with Gasteiger partial charge in [0.05, 0.1) is 12.0 Å². The fraction of sp³-hybridized carbons (Fsp3) is 0.556. The topological polar surface area (TPSA) is 147 Å². The third-order valence-corrected chi connectivity index (χ3v) is 3.44. The van der Waals surface area contributed by atoms with Crippen molar-refractivity contribution >= 4 is 24.0 Å². The van der Waals surface area contributed by atoms with E-state index in [0.29, 0.717) is 18.0 Å². The molecular formula is C18H27ClN4O6. The summed E-state index contributed by atoms with van der Waals surface area (Å²) in [5.41, 5.74) is 0.389. The molecule has 162 valence electrons. The van der Waals surface area contributed by atoms with Gasteiger partial charge < -0.3 is 25.3 Å². The highest BCUT2D eigenvalue weighted by molar-refractivity contribution is 5.91. The Morgan fingerprint density at radius 2 is 1.93 bits per heavy atom. The van der Waals surface area contributed by atoms with Gasteiger partial charge in [-0.2, -0.15) is 5.26 Å². The Morgan fingerprint density at radius 1 is 1.31 bits per heavy atom. The summed E-state index contributed by atoms with van der Waals surface area (Å²) in [6.07, 6.45) is -0.891. The maximum atomic E-state index is 11.9. The number of hydrogen-bond donors (Lipinski definition) is 3. The highest BCUT2D eigenvalue weighted by atomic mass is 35.5. The van der Waals surface area contributed by atoms with Crippen molar-refractivity contribution in [2.24, 2.45) is 5.92 Å². The lowest BCUT2D eigenvalue weighted by atomic mass is 10.1. The van der Waals surface area contributed by atoms with E-state index in [1.54, 1.807) is 30.3 Å². The molecule has 0 aliphatic heterocycles. The first-order valence-corrected chi connectivity index (χ1v) is 8.72. The van der Waals surface area contributed by atoms with Crippen molar-refractivity contribution in [2.75, 3.05) is 25.1 Å². The molecule has 29 heavy (non-hydrogen) atoms. The van der Waals surface area contributed by atoms with Crippen LogP contribution < -0.4 is 15.4 Å². The molecular weight excluding hydrogens is 404 g/mol. The summed E-state index contributed by atoms with van der Waals surface area (Å²) in [5.74, 6) is -0.853. The first kappa shape index (κ1) is 26.4. The number of nitrogens with one attached hydrogen (secondary N) is 2. The molecule has 0 aliphatic rings. The number of carbonyl (C=O) groups is 1. The molecule has 0 spiro atoms. The zero-order valence-corrected chi connectivity index (χ0v) is 17.4. The van der Waals surface area contributed by atoms with E-state index in [0.717, 1.165) is 0 Å². The quantitative estimate of drug-likeness (QED) is 0.356. The van der Waals surface area contributed by atoms with Gasteiger partial charge in [0, 0.05) is 24.2 Å². The second-order valence-electron chi connectivity index (χ2n) is 7.22.